The normalized spacial score (nSPS) is 24.0. The standard InChI is InChI=1S/C14H26N4/c1-14(6-7-15-11-14)13-10-16-12-18(13)9-5-4-8-17(2)3/h10,12,15H,4-9,11H2,1-3H3. The number of imidazole rings is 1. The van der Waals surface area contributed by atoms with Crippen molar-refractivity contribution in [3.05, 3.63) is 18.2 Å². The third kappa shape index (κ3) is 3.12. The molecule has 0 radical (unpaired) electrons. The topological polar surface area (TPSA) is 33.1 Å². The molecule has 0 bridgehead atoms. The quantitative estimate of drug-likeness (QED) is 0.776. The van der Waals surface area contributed by atoms with E-state index in [4.69, 9.17) is 0 Å². The highest BCUT2D eigenvalue weighted by molar-refractivity contribution is 5.17. The molecule has 1 aliphatic heterocycles. The molecule has 0 aliphatic carbocycles. The molecular formula is C14H26N4. The zero-order valence-corrected chi connectivity index (χ0v) is 11.9. The summed E-state index contributed by atoms with van der Waals surface area (Å²) in [6.45, 7) is 6.82. The van der Waals surface area contributed by atoms with Gasteiger partial charge in [0.05, 0.1) is 6.33 Å². The van der Waals surface area contributed by atoms with Gasteiger partial charge in [0.2, 0.25) is 0 Å². The van der Waals surface area contributed by atoms with Crippen molar-refractivity contribution >= 4 is 0 Å². The average molecular weight is 250 g/mol. The van der Waals surface area contributed by atoms with Crippen molar-refractivity contribution in [1.29, 1.82) is 0 Å². The minimum atomic E-state index is 0.276. The van der Waals surface area contributed by atoms with Gasteiger partial charge in [0, 0.05) is 30.4 Å². The molecule has 1 fully saturated rings. The highest BCUT2D eigenvalue weighted by Crippen LogP contribution is 2.29. The van der Waals surface area contributed by atoms with Crippen molar-refractivity contribution in [2.24, 2.45) is 0 Å². The molecule has 1 aromatic heterocycles. The van der Waals surface area contributed by atoms with E-state index in [9.17, 15) is 0 Å². The van der Waals surface area contributed by atoms with Gasteiger partial charge in [-0.25, -0.2) is 4.98 Å². The van der Waals surface area contributed by atoms with E-state index in [0.29, 0.717) is 0 Å². The molecule has 1 aromatic rings. The van der Waals surface area contributed by atoms with E-state index in [-0.39, 0.29) is 5.41 Å². The fourth-order valence-electron chi connectivity index (χ4n) is 2.75. The Bertz CT molecular complexity index is 364. The molecule has 0 amide bonds. The van der Waals surface area contributed by atoms with Crippen molar-refractivity contribution in [2.75, 3.05) is 33.7 Å². The zero-order valence-electron chi connectivity index (χ0n) is 11.9. The number of aryl methyl sites for hydroxylation is 1. The van der Waals surface area contributed by atoms with Gasteiger partial charge >= 0.3 is 0 Å². The van der Waals surface area contributed by atoms with Crippen molar-refractivity contribution < 1.29 is 0 Å². The molecule has 0 saturated carbocycles. The maximum atomic E-state index is 4.35. The molecule has 102 valence electrons. The molecule has 4 heteroatoms. The van der Waals surface area contributed by atoms with Gasteiger partial charge in [0.1, 0.15) is 0 Å². The van der Waals surface area contributed by atoms with E-state index in [2.05, 4.69) is 47.0 Å². The Hall–Kier alpha value is -0.870. The van der Waals surface area contributed by atoms with Crippen LogP contribution in [-0.4, -0.2) is 48.2 Å². The number of rotatable bonds is 6. The van der Waals surface area contributed by atoms with Crippen molar-refractivity contribution in [3.63, 3.8) is 0 Å². The summed E-state index contributed by atoms with van der Waals surface area (Å²) < 4.78 is 2.35. The van der Waals surface area contributed by atoms with E-state index in [0.717, 1.165) is 19.6 Å². The Balaban J connectivity index is 1.91. The first-order chi connectivity index (χ1) is 8.62. The SMILES string of the molecule is CN(C)CCCCn1cncc1C1(C)CCNC1. The van der Waals surface area contributed by atoms with E-state index in [1.165, 1.54) is 31.5 Å². The van der Waals surface area contributed by atoms with Crippen molar-refractivity contribution in [1.82, 2.24) is 19.8 Å². The number of nitrogens with zero attached hydrogens (tertiary/aromatic N) is 3. The number of unbranched alkanes of at least 4 members (excludes halogenated alkanes) is 1. The zero-order chi connectivity index (χ0) is 13.0. The van der Waals surface area contributed by atoms with Gasteiger partial charge in [-0.2, -0.15) is 0 Å². The number of hydrogen-bond acceptors (Lipinski definition) is 3. The summed E-state index contributed by atoms with van der Waals surface area (Å²) >= 11 is 0. The second-order valence-electron chi connectivity index (χ2n) is 5.97. The monoisotopic (exact) mass is 250 g/mol. The molecule has 1 unspecified atom stereocenters. The van der Waals surface area contributed by atoms with Crippen LogP contribution in [0.4, 0.5) is 0 Å². The lowest BCUT2D eigenvalue weighted by Gasteiger charge is -2.24. The molecule has 1 atom stereocenters. The molecule has 4 nitrogen and oxygen atoms in total. The largest absolute Gasteiger partial charge is 0.334 e. The van der Waals surface area contributed by atoms with E-state index < -0.39 is 0 Å². The average Bonchev–Trinajstić information content (AvgIpc) is 2.93. The fraction of sp³-hybridized carbons (Fsp3) is 0.786. The van der Waals surface area contributed by atoms with Crippen LogP contribution in [0.5, 0.6) is 0 Å². The molecule has 1 saturated heterocycles. The molecule has 0 aromatic carbocycles. The van der Waals surface area contributed by atoms with Crippen LogP contribution in [0.25, 0.3) is 0 Å². The van der Waals surface area contributed by atoms with Gasteiger partial charge in [-0.1, -0.05) is 6.92 Å². The first-order valence-electron chi connectivity index (χ1n) is 6.98. The summed E-state index contributed by atoms with van der Waals surface area (Å²) in [5.41, 5.74) is 1.68. The van der Waals surface area contributed by atoms with Gasteiger partial charge in [-0.15, -0.1) is 0 Å². The van der Waals surface area contributed by atoms with Gasteiger partial charge in [-0.3, -0.25) is 0 Å². The van der Waals surface area contributed by atoms with Crippen molar-refractivity contribution in [3.8, 4) is 0 Å². The van der Waals surface area contributed by atoms with Crippen molar-refractivity contribution in [2.45, 2.75) is 38.1 Å². The lowest BCUT2D eigenvalue weighted by atomic mass is 9.86. The smallest absolute Gasteiger partial charge is 0.0948 e. The summed E-state index contributed by atoms with van der Waals surface area (Å²) in [5.74, 6) is 0. The minimum Gasteiger partial charge on any atom is -0.334 e. The van der Waals surface area contributed by atoms with Crippen LogP contribution < -0.4 is 5.32 Å². The van der Waals surface area contributed by atoms with Crippen LogP contribution in [0.2, 0.25) is 0 Å². The van der Waals surface area contributed by atoms with Gasteiger partial charge in [-0.05, 0) is 46.4 Å². The van der Waals surface area contributed by atoms with Gasteiger partial charge in [0.25, 0.3) is 0 Å². The Labute approximate surface area is 110 Å². The van der Waals surface area contributed by atoms with Crippen LogP contribution >= 0.6 is 0 Å². The van der Waals surface area contributed by atoms with E-state index in [1.807, 2.05) is 6.33 Å². The lowest BCUT2D eigenvalue weighted by Crippen LogP contribution is -2.28. The highest BCUT2D eigenvalue weighted by atomic mass is 15.1. The molecular weight excluding hydrogens is 224 g/mol. The summed E-state index contributed by atoms with van der Waals surface area (Å²) in [5, 5.41) is 3.46. The van der Waals surface area contributed by atoms with E-state index in [1.54, 1.807) is 0 Å². The molecule has 18 heavy (non-hydrogen) atoms. The predicted octanol–water partition coefficient (Wildman–Crippen LogP) is 1.48. The van der Waals surface area contributed by atoms with Crippen LogP contribution in [0.1, 0.15) is 31.9 Å². The van der Waals surface area contributed by atoms with Crippen LogP contribution in [0, 0.1) is 0 Å². The molecule has 2 rings (SSSR count). The summed E-state index contributed by atoms with van der Waals surface area (Å²) in [7, 11) is 4.27. The second kappa shape index (κ2) is 5.85. The third-order valence-corrected chi connectivity index (χ3v) is 3.95. The number of hydrogen-bond donors (Lipinski definition) is 1. The maximum Gasteiger partial charge on any atom is 0.0948 e. The highest BCUT2D eigenvalue weighted by Gasteiger charge is 2.33. The molecule has 1 aliphatic rings. The molecule has 1 N–H and O–H groups in total. The first kappa shape index (κ1) is 13.6. The second-order valence-corrected chi connectivity index (χ2v) is 5.97. The molecule has 2 heterocycles. The summed E-state index contributed by atoms with van der Waals surface area (Å²) in [6, 6.07) is 0. The Morgan fingerprint density at radius 2 is 2.28 bits per heavy atom. The third-order valence-electron chi connectivity index (χ3n) is 3.95. The summed E-state index contributed by atoms with van der Waals surface area (Å²) in [4.78, 5) is 6.60. The summed E-state index contributed by atoms with van der Waals surface area (Å²) in [6.07, 6.45) is 7.74. The number of aromatic nitrogens is 2. The predicted molar refractivity (Wildman–Crippen MR) is 74.9 cm³/mol. The molecule has 0 spiro atoms. The van der Waals surface area contributed by atoms with E-state index >= 15 is 0 Å². The fourth-order valence-corrected chi connectivity index (χ4v) is 2.75. The van der Waals surface area contributed by atoms with Crippen LogP contribution in [0.3, 0.4) is 0 Å². The Morgan fingerprint density at radius 3 is 2.94 bits per heavy atom. The number of nitrogens with one attached hydrogen (secondary N) is 1. The first-order valence-corrected chi connectivity index (χ1v) is 6.98. The van der Waals surface area contributed by atoms with Crippen LogP contribution in [0.15, 0.2) is 12.5 Å². The van der Waals surface area contributed by atoms with Crippen LogP contribution in [-0.2, 0) is 12.0 Å². The maximum absolute atomic E-state index is 4.35. The minimum absolute atomic E-state index is 0.276. The lowest BCUT2D eigenvalue weighted by molar-refractivity contribution is 0.383. The van der Waals surface area contributed by atoms with Gasteiger partial charge < -0.3 is 14.8 Å². The Kier molecular flexibility index (Phi) is 4.40. The Morgan fingerprint density at radius 1 is 1.44 bits per heavy atom. The van der Waals surface area contributed by atoms with Gasteiger partial charge in [0.15, 0.2) is 0 Å².